The van der Waals surface area contributed by atoms with Crippen LogP contribution >= 0.6 is 0 Å². The van der Waals surface area contributed by atoms with Gasteiger partial charge in [0.15, 0.2) is 9.84 Å². The number of hydrogen-bond donors (Lipinski definition) is 1. The largest absolute Gasteiger partial charge is 0.390 e. The number of hydrogen-bond acceptors (Lipinski definition) is 3. The maximum Gasteiger partial charge on any atom is 0.180 e. The summed E-state index contributed by atoms with van der Waals surface area (Å²) in [5, 5.41) is 9.26. The molecule has 0 aliphatic rings. The van der Waals surface area contributed by atoms with E-state index in [2.05, 4.69) is 0 Å². The molecule has 4 heteroatoms. The van der Waals surface area contributed by atoms with Gasteiger partial charge in [0.2, 0.25) is 0 Å². The Balaban J connectivity index is 2.97. The van der Waals surface area contributed by atoms with Crippen LogP contribution in [0.3, 0.4) is 0 Å². The molecule has 0 aromatic heterocycles. The van der Waals surface area contributed by atoms with Gasteiger partial charge in [-0.1, -0.05) is 12.1 Å². The van der Waals surface area contributed by atoms with E-state index < -0.39 is 20.7 Å². The summed E-state index contributed by atoms with van der Waals surface area (Å²) in [5.41, 5.74) is 0.151. The minimum Gasteiger partial charge on any atom is -0.390 e. The van der Waals surface area contributed by atoms with Crippen molar-refractivity contribution in [2.45, 2.75) is 49.9 Å². The highest BCUT2D eigenvalue weighted by Crippen LogP contribution is 2.18. The molecule has 0 radical (unpaired) electrons. The molecule has 0 atom stereocenters. The van der Waals surface area contributed by atoms with E-state index in [1.54, 1.807) is 52.0 Å². The van der Waals surface area contributed by atoms with Gasteiger partial charge in [-0.2, -0.15) is 0 Å². The maximum atomic E-state index is 11.9. The van der Waals surface area contributed by atoms with E-state index >= 15 is 0 Å². The second kappa shape index (κ2) is 4.78. The van der Waals surface area contributed by atoms with Crippen LogP contribution in [0, 0.1) is 0 Å². The van der Waals surface area contributed by atoms with Crippen LogP contribution in [0.5, 0.6) is 0 Å². The van der Waals surface area contributed by atoms with Crippen LogP contribution in [0.15, 0.2) is 29.2 Å². The van der Waals surface area contributed by atoms with Crippen LogP contribution < -0.4 is 0 Å². The average Bonchev–Trinajstić information content (AvgIpc) is 2.15. The van der Waals surface area contributed by atoms with Crippen molar-refractivity contribution in [3.8, 4) is 0 Å². The van der Waals surface area contributed by atoms with Crippen molar-refractivity contribution in [2.24, 2.45) is 0 Å². The zero-order chi connectivity index (χ0) is 13.3. The molecule has 1 N–H and O–H groups in total. The van der Waals surface area contributed by atoms with Gasteiger partial charge in [-0.15, -0.1) is 0 Å². The Morgan fingerprint density at radius 3 is 2.00 bits per heavy atom. The predicted molar refractivity (Wildman–Crippen MR) is 68.8 cm³/mol. The molecule has 0 saturated carbocycles. The van der Waals surface area contributed by atoms with Crippen LogP contribution in [0.2, 0.25) is 0 Å². The van der Waals surface area contributed by atoms with Crippen molar-refractivity contribution in [2.75, 3.05) is 0 Å². The van der Waals surface area contributed by atoms with Gasteiger partial charge in [-0.05, 0) is 45.4 Å². The summed E-state index contributed by atoms with van der Waals surface area (Å²) in [7, 11) is -3.20. The number of aliphatic hydroxyl groups is 1. The Morgan fingerprint density at radius 1 is 1.18 bits per heavy atom. The van der Waals surface area contributed by atoms with Crippen LogP contribution in [0.1, 0.15) is 33.3 Å². The summed E-state index contributed by atoms with van der Waals surface area (Å²) in [6, 6.07) is 6.73. The molecule has 3 nitrogen and oxygen atoms in total. The molecule has 1 aromatic carbocycles. The first-order valence-electron chi connectivity index (χ1n) is 5.68. The molecule has 0 spiro atoms. The molecule has 0 aliphatic heterocycles. The maximum absolute atomic E-state index is 11.9. The molecule has 1 aromatic rings. The van der Waals surface area contributed by atoms with Gasteiger partial charge >= 0.3 is 0 Å². The van der Waals surface area contributed by atoms with E-state index in [9.17, 15) is 13.5 Å². The van der Waals surface area contributed by atoms with Gasteiger partial charge in [0.25, 0.3) is 0 Å². The molecular formula is C13H20O3S. The topological polar surface area (TPSA) is 54.4 Å². The molecule has 0 heterocycles. The fraction of sp³-hybridized carbons (Fsp3) is 0.538. The molecule has 0 saturated heterocycles. The monoisotopic (exact) mass is 256 g/mol. The lowest BCUT2D eigenvalue weighted by Crippen LogP contribution is -2.21. The minimum absolute atomic E-state index is 0.340. The lowest BCUT2D eigenvalue weighted by Gasteiger charge is -2.17. The van der Waals surface area contributed by atoms with Gasteiger partial charge in [0.1, 0.15) is 0 Å². The normalized spacial score (nSPS) is 13.1. The Morgan fingerprint density at radius 2 is 1.65 bits per heavy atom. The van der Waals surface area contributed by atoms with Gasteiger partial charge in [0.05, 0.1) is 15.7 Å². The van der Waals surface area contributed by atoms with E-state index in [1.165, 1.54) is 0 Å². The zero-order valence-electron chi connectivity index (χ0n) is 10.8. The smallest absolute Gasteiger partial charge is 0.180 e. The van der Waals surface area contributed by atoms with Gasteiger partial charge in [0, 0.05) is 6.42 Å². The highest BCUT2D eigenvalue weighted by Gasteiger charge is 2.19. The fourth-order valence-electron chi connectivity index (χ4n) is 1.57. The summed E-state index contributed by atoms with van der Waals surface area (Å²) < 4.78 is 23.8. The Kier molecular flexibility index (Phi) is 3.99. The first kappa shape index (κ1) is 14.2. The Bertz CT molecular complexity index is 464. The quantitative estimate of drug-likeness (QED) is 0.898. The third kappa shape index (κ3) is 3.82. The molecule has 0 aliphatic carbocycles. The van der Waals surface area contributed by atoms with Crippen molar-refractivity contribution < 1.29 is 13.5 Å². The van der Waals surface area contributed by atoms with Crippen LogP contribution in [-0.2, 0) is 16.3 Å². The summed E-state index contributed by atoms with van der Waals surface area (Å²) in [6.45, 7) is 6.79. The summed E-state index contributed by atoms with van der Waals surface area (Å²) in [5.74, 6) is 0. The van der Waals surface area contributed by atoms with E-state index in [0.717, 1.165) is 5.56 Å². The Labute approximate surface area is 103 Å². The number of benzene rings is 1. The van der Waals surface area contributed by atoms with Crippen molar-refractivity contribution >= 4 is 9.84 Å². The highest BCUT2D eigenvalue weighted by atomic mass is 32.2. The van der Waals surface area contributed by atoms with Crippen LogP contribution in [0.4, 0.5) is 0 Å². The standard InChI is InChI=1S/C13H20O3S/c1-10(2)17(15,16)12-7-5-11(6-8-12)9-13(3,4)14/h5-8,10,14H,9H2,1-4H3. The molecule has 0 amide bonds. The number of sulfone groups is 1. The molecule has 96 valence electrons. The summed E-state index contributed by atoms with van der Waals surface area (Å²) in [4.78, 5) is 0.340. The second-order valence-corrected chi connectivity index (χ2v) is 7.73. The third-order valence-electron chi connectivity index (χ3n) is 2.51. The molecule has 0 unspecified atom stereocenters. The third-order valence-corrected chi connectivity index (χ3v) is 4.68. The molecule has 1 rings (SSSR count). The minimum atomic E-state index is -3.20. The van der Waals surface area contributed by atoms with Crippen LogP contribution in [-0.4, -0.2) is 24.4 Å². The summed E-state index contributed by atoms with van der Waals surface area (Å²) >= 11 is 0. The first-order chi connectivity index (χ1) is 7.63. The van der Waals surface area contributed by atoms with E-state index in [4.69, 9.17) is 0 Å². The van der Waals surface area contributed by atoms with Crippen LogP contribution in [0.25, 0.3) is 0 Å². The van der Waals surface area contributed by atoms with Crippen molar-refractivity contribution in [3.05, 3.63) is 29.8 Å². The Hall–Kier alpha value is -0.870. The second-order valence-electron chi connectivity index (χ2n) is 5.23. The molecular weight excluding hydrogens is 236 g/mol. The highest BCUT2D eigenvalue weighted by molar-refractivity contribution is 7.92. The van der Waals surface area contributed by atoms with Crippen molar-refractivity contribution in [1.82, 2.24) is 0 Å². The van der Waals surface area contributed by atoms with Crippen molar-refractivity contribution in [3.63, 3.8) is 0 Å². The SMILES string of the molecule is CC(C)S(=O)(=O)c1ccc(CC(C)(C)O)cc1. The van der Waals surface area contributed by atoms with Gasteiger partial charge < -0.3 is 5.11 Å². The van der Waals surface area contributed by atoms with E-state index in [1.807, 2.05) is 0 Å². The summed E-state index contributed by atoms with van der Waals surface area (Å²) in [6.07, 6.45) is 0.509. The van der Waals surface area contributed by atoms with E-state index in [0.29, 0.717) is 11.3 Å². The molecule has 0 bridgehead atoms. The molecule has 0 fully saturated rings. The fourth-order valence-corrected chi connectivity index (χ4v) is 2.63. The lowest BCUT2D eigenvalue weighted by atomic mass is 9.99. The predicted octanol–water partition coefficient (Wildman–Crippen LogP) is 2.18. The molecule has 17 heavy (non-hydrogen) atoms. The van der Waals surface area contributed by atoms with E-state index in [-0.39, 0.29) is 0 Å². The number of rotatable bonds is 4. The van der Waals surface area contributed by atoms with Gasteiger partial charge in [-0.3, -0.25) is 0 Å². The zero-order valence-corrected chi connectivity index (χ0v) is 11.6. The lowest BCUT2D eigenvalue weighted by molar-refractivity contribution is 0.0810. The average molecular weight is 256 g/mol. The van der Waals surface area contributed by atoms with Crippen molar-refractivity contribution in [1.29, 1.82) is 0 Å². The van der Waals surface area contributed by atoms with Gasteiger partial charge in [-0.25, -0.2) is 8.42 Å². The first-order valence-corrected chi connectivity index (χ1v) is 7.23.